The SMILES string of the molecule is NC1C=C(c2c[nH]c3ncccc23)N=CN1. The van der Waals surface area contributed by atoms with Gasteiger partial charge in [0.1, 0.15) is 5.65 Å². The molecule has 2 aromatic rings. The van der Waals surface area contributed by atoms with E-state index < -0.39 is 0 Å². The summed E-state index contributed by atoms with van der Waals surface area (Å²) in [6, 6.07) is 3.92. The Hall–Kier alpha value is -2.14. The number of hydrogen-bond acceptors (Lipinski definition) is 4. The number of aromatic nitrogens is 2. The average molecular weight is 213 g/mol. The number of hydrogen-bond donors (Lipinski definition) is 3. The lowest BCUT2D eigenvalue weighted by atomic mass is 10.1. The summed E-state index contributed by atoms with van der Waals surface area (Å²) in [7, 11) is 0. The van der Waals surface area contributed by atoms with Crippen LogP contribution in [0.15, 0.2) is 35.6 Å². The Morgan fingerprint density at radius 2 is 2.31 bits per heavy atom. The fourth-order valence-corrected chi connectivity index (χ4v) is 1.78. The van der Waals surface area contributed by atoms with Crippen molar-refractivity contribution in [2.24, 2.45) is 10.7 Å². The van der Waals surface area contributed by atoms with Crippen molar-refractivity contribution in [1.82, 2.24) is 15.3 Å². The predicted molar refractivity (Wildman–Crippen MR) is 63.7 cm³/mol. The molecule has 0 saturated heterocycles. The predicted octanol–water partition coefficient (Wildman–Crippen LogP) is 0.820. The standard InChI is InChI=1S/C11H11N5/c12-10-4-9(15-6-16-10)8-5-14-11-7(8)2-1-3-13-11/h1-6,10H,12H2,(H,13,14)(H,15,16). The van der Waals surface area contributed by atoms with E-state index in [4.69, 9.17) is 5.73 Å². The molecule has 5 nitrogen and oxygen atoms in total. The maximum Gasteiger partial charge on any atom is 0.137 e. The number of aliphatic imine (C=N–C) groups is 1. The second-order valence-corrected chi connectivity index (χ2v) is 3.60. The van der Waals surface area contributed by atoms with Crippen LogP contribution in [0, 0.1) is 0 Å². The molecule has 0 bridgehead atoms. The van der Waals surface area contributed by atoms with Gasteiger partial charge in [0.2, 0.25) is 0 Å². The topological polar surface area (TPSA) is 79.1 Å². The summed E-state index contributed by atoms with van der Waals surface area (Å²) in [4.78, 5) is 11.6. The summed E-state index contributed by atoms with van der Waals surface area (Å²) in [5, 5.41) is 3.96. The normalized spacial score (nSPS) is 19.6. The minimum absolute atomic E-state index is 0.186. The van der Waals surface area contributed by atoms with E-state index in [2.05, 4.69) is 20.3 Å². The number of nitrogens with one attached hydrogen (secondary N) is 2. The van der Waals surface area contributed by atoms with E-state index in [0.717, 1.165) is 22.3 Å². The maximum atomic E-state index is 5.77. The number of aromatic amines is 1. The first-order chi connectivity index (χ1) is 7.84. The smallest absolute Gasteiger partial charge is 0.137 e. The summed E-state index contributed by atoms with van der Waals surface area (Å²) in [5.74, 6) is 0. The highest BCUT2D eigenvalue weighted by molar-refractivity contribution is 5.92. The molecule has 0 amide bonds. The number of fused-ring (bicyclic) bond motifs is 1. The van der Waals surface area contributed by atoms with Crippen LogP contribution in [-0.4, -0.2) is 22.5 Å². The molecule has 0 aliphatic carbocycles. The van der Waals surface area contributed by atoms with Gasteiger partial charge in [-0.25, -0.2) is 9.98 Å². The first-order valence-electron chi connectivity index (χ1n) is 5.03. The van der Waals surface area contributed by atoms with Crippen LogP contribution in [0.5, 0.6) is 0 Å². The second kappa shape index (κ2) is 3.46. The zero-order chi connectivity index (χ0) is 11.0. The third-order valence-corrected chi connectivity index (χ3v) is 2.54. The minimum Gasteiger partial charge on any atom is -0.357 e. The molecule has 1 aliphatic rings. The van der Waals surface area contributed by atoms with Crippen molar-refractivity contribution in [1.29, 1.82) is 0 Å². The summed E-state index contributed by atoms with van der Waals surface area (Å²) in [5.41, 5.74) is 8.52. The Kier molecular flexibility index (Phi) is 1.97. The Bertz CT molecular complexity index is 581. The lowest BCUT2D eigenvalue weighted by Crippen LogP contribution is -2.36. The molecule has 1 aliphatic heterocycles. The average Bonchev–Trinajstić information content (AvgIpc) is 2.72. The Labute approximate surface area is 92.1 Å². The molecule has 0 spiro atoms. The van der Waals surface area contributed by atoms with Crippen molar-refractivity contribution in [2.75, 3.05) is 0 Å². The van der Waals surface area contributed by atoms with Crippen molar-refractivity contribution in [3.05, 3.63) is 36.2 Å². The molecular formula is C11H11N5. The van der Waals surface area contributed by atoms with Crippen LogP contribution in [0.25, 0.3) is 16.7 Å². The highest BCUT2D eigenvalue weighted by Gasteiger charge is 2.11. The lowest BCUT2D eigenvalue weighted by Gasteiger charge is -2.13. The minimum atomic E-state index is -0.186. The largest absolute Gasteiger partial charge is 0.357 e. The highest BCUT2D eigenvalue weighted by Crippen LogP contribution is 2.25. The van der Waals surface area contributed by atoms with Crippen LogP contribution in [-0.2, 0) is 0 Å². The van der Waals surface area contributed by atoms with Crippen LogP contribution in [0.3, 0.4) is 0 Å². The molecule has 1 unspecified atom stereocenters. The molecule has 0 fully saturated rings. The molecule has 3 heterocycles. The summed E-state index contributed by atoms with van der Waals surface area (Å²) >= 11 is 0. The first-order valence-corrected chi connectivity index (χ1v) is 5.03. The zero-order valence-corrected chi connectivity index (χ0v) is 8.51. The van der Waals surface area contributed by atoms with Gasteiger partial charge in [-0.1, -0.05) is 0 Å². The van der Waals surface area contributed by atoms with Gasteiger partial charge in [0.15, 0.2) is 0 Å². The Morgan fingerprint density at radius 3 is 3.19 bits per heavy atom. The molecular weight excluding hydrogens is 202 g/mol. The molecule has 0 aromatic carbocycles. The molecule has 80 valence electrons. The van der Waals surface area contributed by atoms with Gasteiger partial charge in [0, 0.05) is 23.3 Å². The van der Waals surface area contributed by atoms with Gasteiger partial charge in [0.05, 0.1) is 18.2 Å². The van der Waals surface area contributed by atoms with E-state index in [9.17, 15) is 0 Å². The Morgan fingerprint density at radius 1 is 1.38 bits per heavy atom. The zero-order valence-electron chi connectivity index (χ0n) is 8.51. The number of H-pyrrole nitrogens is 1. The van der Waals surface area contributed by atoms with E-state index in [1.54, 1.807) is 12.5 Å². The van der Waals surface area contributed by atoms with Crippen molar-refractivity contribution in [3.63, 3.8) is 0 Å². The van der Waals surface area contributed by atoms with Gasteiger partial charge in [-0.15, -0.1) is 0 Å². The third-order valence-electron chi connectivity index (χ3n) is 2.54. The monoisotopic (exact) mass is 213 g/mol. The van der Waals surface area contributed by atoms with Gasteiger partial charge in [-0.3, -0.25) is 0 Å². The summed E-state index contributed by atoms with van der Waals surface area (Å²) < 4.78 is 0. The van der Waals surface area contributed by atoms with E-state index in [-0.39, 0.29) is 6.17 Å². The maximum absolute atomic E-state index is 5.77. The first kappa shape index (κ1) is 9.11. The lowest BCUT2D eigenvalue weighted by molar-refractivity contribution is 0.771. The highest BCUT2D eigenvalue weighted by atomic mass is 15.1. The Balaban J connectivity index is 2.16. The molecule has 0 saturated carbocycles. The van der Waals surface area contributed by atoms with Crippen molar-refractivity contribution in [3.8, 4) is 0 Å². The number of pyridine rings is 1. The van der Waals surface area contributed by atoms with E-state index >= 15 is 0 Å². The van der Waals surface area contributed by atoms with Crippen molar-refractivity contribution < 1.29 is 0 Å². The van der Waals surface area contributed by atoms with Gasteiger partial charge < -0.3 is 16.0 Å². The number of nitrogens with two attached hydrogens (primary N) is 1. The van der Waals surface area contributed by atoms with Crippen LogP contribution in [0.4, 0.5) is 0 Å². The fourth-order valence-electron chi connectivity index (χ4n) is 1.78. The van der Waals surface area contributed by atoms with Crippen LogP contribution < -0.4 is 11.1 Å². The number of nitrogens with zero attached hydrogens (tertiary/aromatic N) is 2. The van der Waals surface area contributed by atoms with Gasteiger partial charge >= 0.3 is 0 Å². The summed E-state index contributed by atoms with van der Waals surface area (Å²) in [6.07, 6.45) is 6.98. The molecule has 4 N–H and O–H groups in total. The molecule has 2 aromatic heterocycles. The van der Waals surface area contributed by atoms with E-state index in [1.807, 2.05) is 24.4 Å². The van der Waals surface area contributed by atoms with E-state index in [1.165, 1.54) is 0 Å². The molecule has 0 radical (unpaired) electrons. The van der Waals surface area contributed by atoms with Crippen LogP contribution in [0.2, 0.25) is 0 Å². The quantitative estimate of drug-likeness (QED) is 0.656. The van der Waals surface area contributed by atoms with Crippen LogP contribution in [0.1, 0.15) is 5.56 Å². The van der Waals surface area contributed by atoms with E-state index in [0.29, 0.717) is 0 Å². The molecule has 5 heteroatoms. The van der Waals surface area contributed by atoms with Crippen LogP contribution >= 0.6 is 0 Å². The second-order valence-electron chi connectivity index (χ2n) is 3.60. The van der Waals surface area contributed by atoms with Gasteiger partial charge in [-0.2, -0.15) is 0 Å². The summed E-state index contributed by atoms with van der Waals surface area (Å²) in [6.45, 7) is 0. The van der Waals surface area contributed by atoms with Gasteiger partial charge in [-0.05, 0) is 18.2 Å². The molecule has 16 heavy (non-hydrogen) atoms. The molecule has 1 atom stereocenters. The van der Waals surface area contributed by atoms with Crippen molar-refractivity contribution in [2.45, 2.75) is 6.17 Å². The van der Waals surface area contributed by atoms with Gasteiger partial charge in [0.25, 0.3) is 0 Å². The molecule has 3 rings (SSSR count). The van der Waals surface area contributed by atoms with Crippen molar-refractivity contribution >= 4 is 23.1 Å². The third kappa shape index (κ3) is 1.38. The fraction of sp³-hybridized carbons (Fsp3) is 0.0909. The number of rotatable bonds is 1.